The van der Waals surface area contributed by atoms with Crippen LogP contribution in [0, 0.1) is 0 Å². The van der Waals surface area contributed by atoms with Crippen LogP contribution < -0.4 is 5.32 Å². The van der Waals surface area contributed by atoms with Crippen LogP contribution in [0.25, 0.3) is 0 Å². The van der Waals surface area contributed by atoms with E-state index in [0.717, 1.165) is 17.3 Å². The number of halogens is 1. The average molecular weight is 416 g/mol. The second-order valence-corrected chi connectivity index (χ2v) is 9.21. The lowest BCUT2D eigenvalue weighted by atomic mass is 10.2. The van der Waals surface area contributed by atoms with Crippen molar-refractivity contribution in [2.75, 3.05) is 26.2 Å². The molecule has 1 aliphatic heterocycles. The Morgan fingerprint density at radius 2 is 1.92 bits per heavy atom. The summed E-state index contributed by atoms with van der Waals surface area (Å²) >= 11 is 3.31. The van der Waals surface area contributed by atoms with Gasteiger partial charge >= 0.3 is 0 Å². The van der Waals surface area contributed by atoms with Crippen molar-refractivity contribution in [2.45, 2.75) is 36.7 Å². The van der Waals surface area contributed by atoms with Crippen molar-refractivity contribution >= 4 is 31.9 Å². The van der Waals surface area contributed by atoms with Gasteiger partial charge in [0.1, 0.15) is 0 Å². The van der Waals surface area contributed by atoms with Gasteiger partial charge in [-0.25, -0.2) is 8.42 Å². The number of nitrogens with zero attached hydrogens (tertiary/aromatic N) is 2. The molecular formula is C16H22BrN3O3S. The van der Waals surface area contributed by atoms with Crippen LogP contribution >= 0.6 is 15.9 Å². The van der Waals surface area contributed by atoms with Crippen molar-refractivity contribution in [1.82, 2.24) is 14.5 Å². The molecule has 1 unspecified atom stereocenters. The van der Waals surface area contributed by atoms with Crippen LogP contribution in [0.4, 0.5) is 0 Å². The molecular weight excluding hydrogens is 394 g/mol. The molecule has 2 aliphatic rings. The first-order valence-corrected chi connectivity index (χ1v) is 10.4. The lowest BCUT2D eigenvalue weighted by molar-refractivity contribution is -0.126. The van der Waals surface area contributed by atoms with Crippen molar-refractivity contribution in [1.29, 1.82) is 0 Å². The summed E-state index contributed by atoms with van der Waals surface area (Å²) in [6, 6.07) is 6.87. The first kappa shape index (κ1) is 17.8. The Hall–Kier alpha value is -0.960. The van der Waals surface area contributed by atoms with E-state index in [1.165, 1.54) is 4.31 Å². The minimum atomic E-state index is -3.49. The predicted molar refractivity (Wildman–Crippen MR) is 95.1 cm³/mol. The fourth-order valence-electron chi connectivity index (χ4n) is 2.82. The summed E-state index contributed by atoms with van der Waals surface area (Å²) in [5.74, 6) is 0.0424. The van der Waals surface area contributed by atoms with Gasteiger partial charge in [0.2, 0.25) is 15.9 Å². The highest BCUT2D eigenvalue weighted by Gasteiger charge is 2.33. The number of carbonyl (C=O) groups is 1. The van der Waals surface area contributed by atoms with Crippen molar-refractivity contribution in [3.05, 3.63) is 28.7 Å². The monoisotopic (exact) mass is 415 g/mol. The zero-order valence-electron chi connectivity index (χ0n) is 13.6. The number of benzene rings is 1. The molecule has 6 nitrogen and oxygen atoms in total. The molecule has 0 spiro atoms. The third-order valence-corrected chi connectivity index (χ3v) is 6.95. The number of piperazine rings is 1. The van der Waals surface area contributed by atoms with E-state index in [9.17, 15) is 13.2 Å². The topological polar surface area (TPSA) is 69.7 Å². The van der Waals surface area contributed by atoms with Gasteiger partial charge in [-0.1, -0.05) is 22.0 Å². The molecule has 1 saturated carbocycles. The molecule has 0 aromatic heterocycles. The number of nitrogens with one attached hydrogen (secondary N) is 1. The van der Waals surface area contributed by atoms with Crippen LogP contribution in [0.5, 0.6) is 0 Å². The molecule has 132 valence electrons. The van der Waals surface area contributed by atoms with Crippen LogP contribution in [0.2, 0.25) is 0 Å². The minimum absolute atomic E-state index is 0.0424. The zero-order valence-corrected chi connectivity index (χ0v) is 16.0. The maximum absolute atomic E-state index is 12.7. The molecule has 0 bridgehead atoms. The highest BCUT2D eigenvalue weighted by molar-refractivity contribution is 9.10. The summed E-state index contributed by atoms with van der Waals surface area (Å²) in [6.07, 6.45) is 2.13. The van der Waals surface area contributed by atoms with E-state index in [1.54, 1.807) is 24.3 Å². The highest BCUT2D eigenvalue weighted by Crippen LogP contribution is 2.22. The number of rotatable bonds is 5. The van der Waals surface area contributed by atoms with Crippen molar-refractivity contribution in [3.8, 4) is 0 Å². The standard InChI is InChI=1S/C16H22BrN3O3S/c1-12(16(21)18-14-5-6-14)19-7-9-20(10-8-19)24(22,23)15-4-2-3-13(17)11-15/h2-4,11-12,14H,5-10H2,1H3,(H,18,21). The summed E-state index contributed by atoms with van der Waals surface area (Å²) < 4.78 is 27.7. The van der Waals surface area contributed by atoms with Gasteiger partial charge in [-0.2, -0.15) is 4.31 Å². The third-order valence-electron chi connectivity index (χ3n) is 4.56. The molecule has 1 aromatic rings. The molecule has 1 aromatic carbocycles. The smallest absolute Gasteiger partial charge is 0.243 e. The molecule has 1 amide bonds. The zero-order chi connectivity index (χ0) is 17.3. The third kappa shape index (κ3) is 3.99. The first-order valence-electron chi connectivity index (χ1n) is 8.18. The summed E-state index contributed by atoms with van der Waals surface area (Å²) in [5, 5.41) is 3.01. The fraction of sp³-hybridized carbons (Fsp3) is 0.562. The Bertz CT molecular complexity index is 713. The quantitative estimate of drug-likeness (QED) is 0.789. The Morgan fingerprint density at radius 1 is 1.25 bits per heavy atom. The van der Waals surface area contributed by atoms with E-state index >= 15 is 0 Å². The van der Waals surface area contributed by atoms with Gasteiger partial charge in [-0.15, -0.1) is 0 Å². The minimum Gasteiger partial charge on any atom is -0.352 e. The summed E-state index contributed by atoms with van der Waals surface area (Å²) in [7, 11) is -3.49. The maximum atomic E-state index is 12.7. The van der Waals surface area contributed by atoms with Gasteiger partial charge < -0.3 is 5.32 Å². The molecule has 1 N–H and O–H groups in total. The fourth-order valence-corrected chi connectivity index (χ4v) is 4.84. The van der Waals surface area contributed by atoms with Gasteiger partial charge in [0.25, 0.3) is 0 Å². The summed E-state index contributed by atoms with van der Waals surface area (Å²) in [6.45, 7) is 3.81. The molecule has 8 heteroatoms. The van der Waals surface area contributed by atoms with E-state index < -0.39 is 10.0 Å². The molecule has 0 radical (unpaired) electrons. The van der Waals surface area contributed by atoms with Crippen molar-refractivity contribution in [2.24, 2.45) is 0 Å². The number of carbonyl (C=O) groups excluding carboxylic acids is 1. The van der Waals surface area contributed by atoms with E-state index in [1.807, 2.05) is 11.8 Å². The van der Waals surface area contributed by atoms with Crippen LogP contribution in [-0.2, 0) is 14.8 Å². The first-order chi connectivity index (χ1) is 11.4. The number of amides is 1. The van der Waals surface area contributed by atoms with E-state index in [4.69, 9.17) is 0 Å². The summed E-state index contributed by atoms with van der Waals surface area (Å²) in [5.41, 5.74) is 0. The second kappa shape index (κ2) is 7.11. The molecule has 1 saturated heterocycles. The highest BCUT2D eigenvalue weighted by atomic mass is 79.9. The van der Waals surface area contributed by atoms with Gasteiger partial charge in [-0.3, -0.25) is 9.69 Å². The largest absolute Gasteiger partial charge is 0.352 e. The molecule has 3 rings (SSSR count). The molecule has 1 heterocycles. The Morgan fingerprint density at radius 3 is 2.50 bits per heavy atom. The van der Waals surface area contributed by atoms with Gasteiger partial charge in [0, 0.05) is 36.7 Å². The normalized spacial score (nSPS) is 21.4. The van der Waals surface area contributed by atoms with Crippen LogP contribution in [0.15, 0.2) is 33.6 Å². The van der Waals surface area contributed by atoms with Gasteiger partial charge in [-0.05, 0) is 38.0 Å². The van der Waals surface area contributed by atoms with Crippen molar-refractivity contribution in [3.63, 3.8) is 0 Å². The SMILES string of the molecule is CC(C(=O)NC1CC1)N1CCN(S(=O)(=O)c2cccc(Br)c2)CC1. The lowest BCUT2D eigenvalue weighted by Crippen LogP contribution is -2.55. The Kier molecular flexibility index (Phi) is 5.29. The predicted octanol–water partition coefficient (Wildman–Crippen LogP) is 1.42. The van der Waals surface area contributed by atoms with E-state index in [2.05, 4.69) is 21.2 Å². The van der Waals surface area contributed by atoms with Crippen LogP contribution in [-0.4, -0.2) is 61.8 Å². The average Bonchev–Trinajstić information content (AvgIpc) is 3.38. The van der Waals surface area contributed by atoms with Crippen LogP contribution in [0.1, 0.15) is 19.8 Å². The molecule has 1 atom stereocenters. The van der Waals surface area contributed by atoms with Gasteiger partial charge in [0.15, 0.2) is 0 Å². The maximum Gasteiger partial charge on any atom is 0.243 e. The number of hydrogen-bond acceptors (Lipinski definition) is 4. The molecule has 1 aliphatic carbocycles. The summed E-state index contributed by atoms with van der Waals surface area (Å²) in [4.78, 5) is 14.5. The van der Waals surface area contributed by atoms with E-state index in [0.29, 0.717) is 37.1 Å². The molecule has 24 heavy (non-hydrogen) atoms. The Balaban J connectivity index is 1.60. The lowest BCUT2D eigenvalue weighted by Gasteiger charge is -2.36. The second-order valence-electron chi connectivity index (χ2n) is 6.36. The van der Waals surface area contributed by atoms with E-state index in [-0.39, 0.29) is 11.9 Å². The van der Waals surface area contributed by atoms with Crippen LogP contribution in [0.3, 0.4) is 0 Å². The number of hydrogen-bond donors (Lipinski definition) is 1. The molecule has 2 fully saturated rings. The Labute approximate surface area is 151 Å². The number of sulfonamides is 1. The van der Waals surface area contributed by atoms with Gasteiger partial charge in [0.05, 0.1) is 10.9 Å². The van der Waals surface area contributed by atoms with Crippen molar-refractivity contribution < 1.29 is 13.2 Å².